The van der Waals surface area contributed by atoms with Gasteiger partial charge in [0.25, 0.3) is 0 Å². The van der Waals surface area contributed by atoms with Gasteiger partial charge in [-0.25, -0.2) is 9.37 Å². The highest BCUT2D eigenvalue weighted by molar-refractivity contribution is 6.31. The number of rotatable bonds is 5. The number of pyridine rings is 1. The Balaban J connectivity index is 1.58. The molecule has 0 bridgehead atoms. The summed E-state index contributed by atoms with van der Waals surface area (Å²) in [5.74, 6) is -0.619. The number of hydrogen-bond donors (Lipinski definition) is 1. The van der Waals surface area contributed by atoms with E-state index in [-0.39, 0.29) is 23.3 Å². The molecule has 0 aliphatic heterocycles. The second-order valence-electron chi connectivity index (χ2n) is 7.39. The van der Waals surface area contributed by atoms with Crippen LogP contribution in [0.5, 0.6) is 0 Å². The van der Waals surface area contributed by atoms with E-state index in [4.69, 9.17) is 11.6 Å². The van der Waals surface area contributed by atoms with Gasteiger partial charge in [-0.15, -0.1) is 0 Å². The lowest BCUT2D eigenvalue weighted by molar-refractivity contribution is -0.116. The summed E-state index contributed by atoms with van der Waals surface area (Å²) < 4.78 is 15.2. The number of carbonyl (C=O) groups is 2. The number of aryl methyl sites for hydroxylation is 1. The molecule has 2 heterocycles. The lowest BCUT2D eigenvalue weighted by Gasteiger charge is -2.21. The fourth-order valence-electron chi connectivity index (χ4n) is 3.55. The van der Waals surface area contributed by atoms with Gasteiger partial charge in [-0.3, -0.25) is 14.5 Å². The van der Waals surface area contributed by atoms with Gasteiger partial charge in [-0.05, 0) is 48.0 Å². The zero-order chi connectivity index (χ0) is 22.8. The Hall–Kier alpha value is -3.71. The summed E-state index contributed by atoms with van der Waals surface area (Å²) in [5.41, 5.74) is 2.71. The van der Waals surface area contributed by atoms with Crippen molar-refractivity contribution in [2.75, 3.05) is 10.2 Å². The lowest BCUT2D eigenvalue weighted by atomic mass is 10.1. The molecule has 4 aromatic rings. The number of nitrogens with one attached hydrogen (secondary N) is 1. The van der Waals surface area contributed by atoms with Crippen LogP contribution in [0.25, 0.3) is 10.9 Å². The fourth-order valence-corrected chi connectivity index (χ4v) is 3.78. The van der Waals surface area contributed by atoms with Crippen LogP contribution in [-0.4, -0.2) is 21.4 Å². The number of amides is 2. The quantitative estimate of drug-likeness (QED) is 0.452. The molecule has 0 saturated carbocycles. The van der Waals surface area contributed by atoms with Crippen molar-refractivity contribution >= 4 is 51.5 Å². The van der Waals surface area contributed by atoms with Gasteiger partial charge in [0.2, 0.25) is 11.8 Å². The number of hydrogen-bond acceptors (Lipinski definition) is 3. The SMILES string of the molecule is CC(=O)N(c1ccc2c(ccn2C)c1)c1cc(NC(=O)Cc2ccc(F)cc2Cl)ccn1. The predicted octanol–water partition coefficient (Wildman–Crippen LogP) is 5.23. The molecule has 32 heavy (non-hydrogen) atoms. The van der Waals surface area contributed by atoms with Gasteiger partial charge in [0, 0.05) is 54.0 Å². The summed E-state index contributed by atoms with van der Waals surface area (Å²) in [7, 11) is 1.96. The number of carbonyl (C=O) groups excluding carboxylic acids is 2. The Morgan fingerprint density at radius 3 is 2.69 bits per heavy atom. The molecule has 2 amide bonds. The van der Waals surface area contributed by atoms with E-state index in [0.717, 1.165) is 10.9 Å². The average Bonchev–Trinajstić information content (AvgIpc) is 3.10. The summed E-state index contributed by atoms with van der Waals surface area (Å²) in [6.07, 6.45) is 3.46. The normalized spacial score (nSPS) is 10.9. The van der Waals surface area contributed by atoms with E-state index in [0.29, 0.717) is 22.8 Å². The third kappa shape index (κ3) is 4.48. The van der Waals surface area contributed by atoms with Gasteiger partial charge in [0.15, 0.2) is 0 Å². The molecular formula is C24H20ClFN4O2. The maximum Gasteiger partial charge on any atom is 0.229 e. The van der Waals surface area contributed by atoms with Crippen molar-refractivity contribution in [2.24, 2.45) is 7.05 Å². The van der Waals surface area contributed by atoms with E-state index in [2.05, 4.69) is 10.3 Å². The van der Waals surface area contributed by atoms with Gasteiger partial charge < -0.3 is 9.88 Å². The number of anilines is 3. The highest BCUT2D eigenvalue weighted by Crippen LogP contribution is 2.29. The Labute approximate surface area is 189 Å². The van der Waals surface area contributed by atoms with Crippen LogP contribution in [0.1, 0.15) is 12.5 Å². The van der Waals surface area contributed by atoms with E-state index in [9.17, 15) is 14.0 Å². The van der Waals surface area contributed by atoms with Crippen molar-refractivity contribution in [3.63, 3.8) is 0 Å². The highest BCUT2D eigenvalue weighted by Gasteiger charge is 2.17. The minimum atomic E-state index is -0.462. The maximum absolute atomic E-state index is 13.2. The molecule has 0 aliphatic carbocycles. The van der Waals surface area contributed by atoms with Crippen molar-refractivity contribution in [3.05, 3.63) is 83.4 Å². The van der Waals surface area contributed by atoms with Crippen LogP contribution in [0.2, 0.25) is 5.02 Å². The number of fused-ring (bicyclic) bond motifs is 1. The second-order valence-corrected chi connectivity index (χ2v) is 7.79. The Kier molecular flexibility index (Phi) is 5.92. The van der Waals surface area contributed by atoms with Crippen LogP contribution in [-0.2, 0) is 23.1 Å². The highest BCUT2D eigenvalue weighted by atomic mass is 35.5. The third-order valence-corrected chi connectivity index (χ3v) is 5.42. The topological polar surface area (TPSA) is 67.2 Å². The molecule has 4 rings (SSSR count). The van der Waals surface area contributed by atoms with Crippen molar-refractivity contribution in [3.8, 4) is 0 Å². The Morgan fingerprint density at radius 1 is 1.12 bits per heavy atom. The number of nitrogens with zero attached hydrogens (tertiary/aromatic N) is 3. The van der Waals surface area contributed by atoms with E-state index in [1.165, 1.54) is 36.2 Å². The molecule has 6 nitrogen and oxygen atoms in total. The van der Waals surface area contributed by atoms with Gasteiger partial charge >= 0.3 is 0 Å². The Morgan fingerprint density at radius 2 is 1.94 bits per heavy atom. The van der Waals surface area contributed by atoms with Crippen molar-refractivity contribution in [1.82, 2.24) is 9.55 Å². The number of aromatic nitrogens is 2. The smallest absolute Gasteiger partial charge is 0.229 e. The minimum Gasteiger partial charge on any atom is -0.351 e. The molecule has 8 heteroatoms. The molecule has 2 aromatic carbocycles. The maximum atomic E-state index is 13.2. The molecule has 0 spiro atoms. The van der Waals surface area contributed by atoms with Crippen LogP contribution in [0.4, 0.5) is 21.6 Å². The molecule has 0 saturated heterocycles. The first kappa shape index (κ1) is 21.5. The molecule has 1 N–H and O–H groups in total. The van der Waals surface area contributed by atoms with Crippen molar-refractivity contribution in [2.45, 2.75) is 13.3 Å². The first-order valence-electron chi connectivity index (χ1n) is 9.87. The van der Waals surface area contributed by atoms with Crippen molar-refractivity contribution in [1.29, 1.82) is 0 Å². The second kappa shape index (κ2) is 8.80. The molecule has 162 valence electrons. The van der Waals surface area contributed by atoms with Gasteiger partial charge in [0.05, 0.1) is 12.1 Å². The summed E-state index contributed by atoms with van der Waals surface area (Å²) in [6.45, 7) is 1.46. The molecule has 0 aliphatic rings. The standard InChI is InChI=1S/C24H20ClFN4O2/c1-15(31)30(20-5-6-22-17(11-20)8-10-29(22)2)23-14-19(7-9-27-23)28-24(32)12-16-3-4-18(26)13-21(16)25/h3-11,13-14H,12H2,1-2H3,(H,27,28,32). The number of halogens is 2. The summed E-state index contributed by atoms with van der Waals surface area (Å²) in [5, 5.41) is 3.96. The minimum absolute atomic E-state index is 0.0160. The molecule has 0 atom stereocenters. The first-order valence-corrected chi connectivity index (χ1v) is 10.3. The van der Waals surface area contributed by atoms with E-state index >= 15 is 0 Å². The summed E-state index contributed by atoms with van der Waals surface area (Å²) in [4.78, 5) is 30.8. The van der Waals surface area contributed by atoms with E-state index < -0.39 is 5.82 Å². The van der Waals surface area contributed by atoms with Crippen LogP contribution in [0, 0.1) is 5.82 Å². The monoisotopic (exact) mass is 450 g/mol. The zero-order valence-corrected chi connectivity index (χ0v) is 18.2. The van der Waals surface area contributed by atoms with E-state index in [1.807, 2.05) is 42.1 Å². The van der Waals surface area contributed by atoms with Crippen LogP contribution < -0.4 is 10.2 Å². The zero-order valence-electron chi connectivity index (χ0n) is 17.5. The van der Waals surface area contributed by atoms with Gasteiger partial charge in [-0.2, -0.15) is 0 Å². The van der Waals surface area contributed by atoms with Crippen LogP contribution in [0.15, 0.2) is 67.0 Å². The molecule has 0 unspecified atom stereocenters. The summed E-state index contributed by atoms with van der Waals surface area (Å²) in [6, 6.07) is 14.9. The Bertz CT molecular complexity index is 1330. The largest absolute Gasteiger partial charge is 0.351 e. The van der Waals surface area contributed by atoms with Crippen molar-refractivity contribution < 1.29 is 14.0 Å². The summed E-state index contributed by atoms with van der Waals surface area (Å²) >= 11 is 6.01. The molecule has 0 fully saturated rings. The third-order valence-electron chi connectivity index (χ3n) is 5.07. The number of benzene rings is 2. The van der Waals surface area contributed by atoms with E-state index in [1.54, 1.807) is 12.1 Å². The fraction of sp³-hybridized carbons (Fsp3) is 0.125. The average molecular weight is 451 g/mol. The van der Waals surface area contributed by atoms with Gasteiger partial charge in [0.1, 0.15) is 11.6 Å². The van der Waals surface area contributed by atoms with Crippen LogP contribution in [0.3, 0.4) is 0 Å². The first-order chi connectivity index (χ1) is 15.3. The van der Waals surface area contributed by atoms with Crippen LogP contribution >= 0.6 is 11.6 Å². The molecule has 0 radical (unpaired) electrons. The molecular weight excluding hydrogens is 431 g/mol. The predicted molar refractivity (Wildman–Crippen MR) is 124 cm³/mol. The molecule has 2 aromatic heterocycles. The van der Waals surface area contributed by atoms with Gasteiger partial charge in [-0.1, -0.05) is 17.7 Å². The lowest BCUT2D eigenvalue weighted by Crippen LogP contribution is -2.24.